The van der Waals surface area contributed by atoms with Crippen LogP contribution in [0.5, 0.6) is 0 Å². The number of aromatic amines is 1. The van der Waals surface area contributed by atoms with Gasteiger partial charge in [-0.15, -0.1) is 0 Å². The van der Waals surface area contributed by atoms with E-state index < -0.39 is 0 Å². The first-order valence-corrected chi connectivity index (χ1v) is 5.78. The Labute approximate surface area is 97.5 Å². The maximum Gasteiger partial charge on any atom is 0.188 e. The zero-order chi connectivity index (χ0) is 11.4. The van der Waals surface area contributed by atoms with Crippen LogP contribution < -0.4 is 0 Å². The molecule has 2 aromatic rings. The second-order valence-corrected chi connectivity index (χ2v) is 4.20. The number of hydrogen-bond acceptors (Lipinski definition) is 4. The van der Waals surface area contributed by atoms with Crippen LogP contribution in [0.1, 0.15) is 23.7 Å². The van der Waals surface area contributed by atoms with Crippen molar-refractivity contribution < 1.29 is 4.79 Å². The third-order valence-corrected chi connectivity index (χ3v) is 3.07. The van der Waals surface area contributed by atoms with Gasteiger partial charge in [0.05, 0.1) is 0 Å². The summed E-state index contributed by atoms with van der Waals surface area (Å²) in [5, 5.41) is 7.22. The van der Waals surface area contributed by atoms with Gasteiger partial charge in [0.15, 0.2) is 10.9 Å². The summed E-state index contributed by atoms with van der Waals surface area (Å²) < 4.78 is 0. The summed E-state index contributed by atoms with van der Waals surface area (Å²) in [7, 11) is 0. The monoisotopic (exact) mass is 233 g/mol. The second kappa shape index (κ2) is 4.94. The molecule has 0 radical (unpaired) electrons. The van der Waals surface area contributed by atoms with E-state index in [4.69, 9.17) is 0 Å². The Morgan fingerprint density at radius 2 is 2.25 bits per heavy atom. The molecule has 0 amide bonds. The topological polar surface area (TPSA) is 58.6 Å². The average Bonchev–Trinajstić information content (AvgIpc) is 2.82. The van der Waals surface area contributed by atoms with E-state index in [1.54, 1.807) is 0 Å². The smallest absolute Gasteiger partial charge is 0.188 e. The van der Waals surface area contributed by atoms with Gasteiger partial charge < -0.3 is 0 Å². The van der Waals surface area contributed by atoms with Crippen LogP contribution in [0.3, 0.4) is 0 Å². The molecule has 0 aliphatic rings. The fraction of sp³-hybridized carbons (Fsp3) is 0.182. The molecule has 2 rings (SSSR count). The number of rotatable bonds is 4. The van der Waals surface area contributed by atoms with Crippen LogP contribution >= 0.6 is 11.8 Å². The van der Waals surface area contributed by atoms with E-state index in [0.29, 0.717) is 11.6 Å². The van der Waals surface area contributed by atoms with Crippen molar-refractivity contribution in [2.45, 2.75) is 23.4 Å². The Hall–Kier alpha value is -1.62. The molecule has 0 aliphatic carbocycles. The van der Waals surface area contributed by atoms with Gasteiger partial charge in [0.1, 0.15) is 6.33 Å². The van der Waals surface area contributed by atoms with Crippen molar-refractivity contribution in [2.24, 2.45) is 0 Å². The minimum atomic E-state index is 0.141. The van der Waals surface area contributed by atoms with Gasteiger partial charge in [0, 0.05) is 16.9 Å². The Morgan fingerprint density at radius 1 is 1.44 bits per heavy atom. The number of Topliss-reactive ketones (excluding diaryl/α,β-unsaturated/α-hetero) is 1. The van der Waals surface area contributed by atoms with Gasteiger partial charge in [0.2, 0.25) is 0 Å². The summed E-state index contributed by atoms with van der Waals surface area (Å²) in [4.78, 5) is 16.6. The zero-order valence-electron chi connectivity index (χ0n) is 8.80. The number of aromatic nitrogens is 3. The lowest BCUT2D eigenvalue weighted by Gasteiger charge is -2.04. The van der Waals surface area contributed by atoms with Crippen molar-refractivity contribution in [1.29, 1.82) is 0 Å². The number of ketones is 1. The van der Waals surface area contributed by atoms with E-state index in [1.165, 1.54) is 18.1 Å². The lowest BCUT2D eigenvalue weighted by atomic mass is 10.1. The first-order valence-electron chi connectivity index (χ1n) is 4.96. The molecule has 1 aromatic carbocycles. The van der Waals surface area contributed by atoms with Crippen molar-refractivity contribution >= 4 is 17.5 Å². The Bertz CT molecular complexity index is 482. The summed E-state index contributed by atoms with van der Waals surface area (Å²) in [6, 6.07) is 7.53. The number of hydrogen-bond donors (Lipinski definition) is 1. The highest BCUT2D eigenvalue weighted by molar-refractivity contribution is 7.99. The van der Waals surface area contributed by atoms with Gasteiger partial charge in [-0.3, -0.25) is 9.89 Å². The fourth-order valence-electron chi connectivity index (χ4n) is 1.32. The third-order valence-electron chi connectivity index (χ3n) is 2.11. The highest BCUT2D eigenvalue weighted by Gasteiger charge is 2.10. The van der Waals surface area contributed by atoms with Crippen molar-refractivity contribution in [3.8, 4) is 0 Å². The summed E-state index contributed by atoms with van der Waals surface area (Å²) in [6.07, 6.45) is 1.96. The van der Waals surface area contributed by atoms with E-state index in [2.05, 4.69) is 15.2 Å². The summed E-state index contributed by atoms with van der Waals surface area (Å²) in [5.74, 6) is 0.141. The SMILES string of the molecule is CCC(=O)c1ccccc1Sc1ncn[nH]1. The molecule has 0 saturated carbocycles. The standard InChI is InChI=1S/C11H11N3OS/c1-2-9(15)8-5-3-4-6-10(8)16-11-12-7-13-14-11/h3-7H,2H2,1H3,(H,12,13,14). The molecular formula is C11H11N3OS. The van der Waals surface area contributed by atoms with Gasteiger partial charge >= 0.3 is 0 Å². The highest BCUT2D eigenvalue weighted by atomic mass is 32.2. The second-order valence-electron chi connectivity index (χ2n) is 3.17. The van der Waals surface area contributed by atoms with Crippen molar-refractivity contribution in [1.82, 2.24) is 15.2 Å². The van der Waals surface area contributed by atoms with Crippen LogP contribution in [0.15, 0.2) is 40.6 Å². The first-order chi connectivity index (χ1) is 7.81. The predicted octanol–water partition coefficient (Wildman–Crippen LogP) is 2.55. The number of carbonyl (C=O) groups is 1. The van der Waals surface area contributed by atoms with Crippen LogP contribution in [0.2, 0.25) is 0 Å². The van der Waals surface area contributed by atoms with E-state index in [1.807, 2.05) is 31.2 Å². The Kier molecular flexibility index (Phi) is 3.36. The summed E-state index contributed by atoms with van der Waals surface area (Å²) in [5.41, 5.74) is 0.742. The number of carbonyl (C=O) groups excluding carboxylic acids is 1. The van der Waals surface area contributed by atoms with Gasteiger partial charge in [-0.25, -0.2) is 4.98 Å². The Morgan fingerprint density at radius 3 is 2.94 bits per heavy atom. The molecular weight excluding hydrogens is 222 g/mol. The fourth-order valence-corrected chi connectivity index (χ4v) is 2.17. The molecule has 5 heteroatoms. The molecule has 82 valence electrons. The molecule has 1 N–H and O–H groups in total. The average molecular weight is 233 g/mol. The van der Waals surface area contributed by atoms with Gasteiger partial charge in [-0.1, -0.05) is 25.1 Å². The zero-order valence-corrected chi connectivity index (χ0v) is 9.62. The molecule has 0 aliphatic heterocycles. The van der Waals surface area contributed by atoms with Crippen molar-refractivity contribution in [3.63, 3.8) is 0 Å². The van der Waals surface area contributed by atoms with Crippen LogP contribution in [-0.4, -0.2) is 21.0 Å². The number of benzene rings is 1. The molecule has 1 aromatic heterocycles. The molecule has 0 saturated heterocycles. The van der Waals surface area contributed by atoms with Crippen LogP contribution in [0.25, 0.3) is 0 Å². The van der Waals surface area contributed by atoms with E-state index >= 15 is 0 Å². The molecule has 0 spiro atoms. The molecule has 0 unspecified atom stereocenters. The van der Waals surface area contributed by atoms with Crippen molar-refractivity contribution in [2.75, 3.05) is 0 Å². The summed E-state index contributed by atoms with van der Waals surface area (Å²) in [6.45, 7) is 1.86. The van der Waals surface area contributed by atoms with E-state index in [0.717, 1.165) is 10.5 Å². The Balaban J connectivity index is 2.30. The molecule has 0 bridgehead atoms. The largest absolute Gasteiger partial charge is 0.294 e. The number of nitrogens with zero attached hydrogens (tertiary/aromatic N) is 2. The minimum absolute atomic E-state index is 0.141. The van der Waals surface area contributed by atoms with Crippen LogP contribution in [0, 0.1) is 0 Å². The molecule has 16 heavy (non-hydrogen) atoms. The highest BCUT2D eigenvalue weighted by Crippen LogP contribution is 2.28. The van der Waals surface area contributed by atoms with Crippen molar-refractivity contribution in [3.05, 3.63) is 36.2 Å². The number of nitrogens with one attached hydrogen (secondary N) is 1. The predicted molar refractivity (Wildman–Crippen MR) is 61.6 cm³/mol. The molecule has 0 atom stereocenters. The lowest BCUT2D eigenvalue weighted by Crippen LogP contribution is -1.98. The van der Waals surface area contributed by atoms with Gasteiger partial charge in [-0.05, 0) is 17.8 Å². The maximum atomic E-state index is 11.7. The third kappa shape index (κ3) is 2.30. The molecule has 4 nitrogen and oxygen atoms in total. The van der Waals surface area contributed by atoms with Crippen LogP contribution in [-0.2, 0) is 0 Å². The minimum Gasteiger partial charge on any atom is -0.294 e. The lowest BCUT2D eigenvalue weighted by molar-refractivity contribution is 0.0985. The molecule has 1 heterocycles. The number of H-pyrrole nitrogens is 1. The van der Waals surface area contributed by atoms with E-state index in [-0.39, 0.29) is 5.78 Å². The summed E-state index contributed by atoms with van der Waals surface area (Å²) >= 11 is 1.41. The quantitative estimate of drug-likeness (QED) is 0.824. The van der Waals surface area contributed by atoms with Gasteiger partial charge in [0.25, 0.3) is 0 Å². The van der Waals surface area contributed by atoms with Crippen LogP contribution in [0.4, 0.5) is 0 Å². The normalized spacial score (nSPS) is 10.3. The maximum absolute atomic E-state index is 11.7. The molecule has 0 fully saturated rings. The first kappa shape index (κ1) is 10.9. The van der Waals surface area contributed by atoms with Gasteiger partial charge in [-0.2, -0.15) is 5.10 Å². The van der Waals surface area contributed by atoms with E-state index in [9.17, 15) is 4.79 Å².